The van der Waals surface area contributed by atoms with Crippen molar-refractivity contribution in [3.63, 3.8) is 0 Å². The Kier molecular flexibility index (Phi) is 3.17. The van der Waals surface area contributed by atoms with Crippen molar-refractivity contribution in [2.24, 2.45) is 0 Å². The Hall–Kier alpha value is -1.94. The van der Waals surface area contributed by atoms with Crippen LogP contribution in [-0.4, -0.2) is 42.1 Å². The highest BCUT2D eigenvalue weighted by Gasteiger charge is 2.18. The molecule has 0 aliphatic carbocycles. The predicted molar refractivity (Wildman–Crippen MR) is 73.2 cm³/mol. The second kappa shape index (κ2) is 4.97. The van der Waals surface area contributed by atoms with Gasteiger partial charge in [0.05, 0.1) is 18.7 Å². The molecule has 0 saturated carbocycles. The van der Waals surface area contributed by atoms with E-state index in [2.05, 4.69) is 4.98 Å². The van der Waals surface area contributed by atoms with Gasteiger partial charge < -0.3 is 9.64 Å². The summed E-state index contributed by atoms with van der Waals surface area (Å²) in [7, 11) is 0. The molecular weight excluding hydrogens is 240 g/mol. The van der Waals surface area contributed by atoms with E-state index >= 15 is 0 Å². The van der Waals surface area contributed by atoms with Crippen molar-refractivity contribution >= 4 is 16.8 Å². The lowest BCUT2D eigenvalue weighted by Crippen LogP contribution is -2.40. The Morgan fingerprint density at radius 3 is 2.79 bits per heavy atom. The van der Waals surface area contributed by atoms with Crippen LogP contribution in [0.25, 0.3) is 10.9 Å². The fraction of sp³-hybridized carbons (Fsp3) is 0.333. The molecule has 1 aliphatic rings. The molecule has 1 saturated heterocycles. The zero-order valence-electron chi connectivity index (χ0n) is 10.9. The van der Waals surface area contributed by atoms with Crippen molar-refractivity contribution in [1.82, 2.24) is 9.88 Å². The third-order valence-electron chi connectivity index (χ3n) is 3.37. The van der Waals surface area contributed by atoms with Gasteiger partial charge in [0, 0.05) is 29.7 Å². The van der Waals surface area contributed by atoms with Gasteiger partial charge in [-0.15, -0.1) is 0 Å². The first-order valence-electron chi connectivity index (χ1n) is 6.48. The summed E-state index contributed by atoms with van der Waals surface area (Å²) in [6.07, 6.45) is 0. The number of fused-ring (bicyclic) bond motifs is 1. The SMILES string of the molecule is Cc1ccc2cc(C(=O)N3CCOCC3)ccc2n1. The van der Waals surface area contributed by atoms with E-state index in [1.165, 1.54) is 0 Å². The molecule has 2 aromatic rings. The highest BCUT2D eigenvalue weighted by atomic mass is 16.5. The van der Waals surface area contributed by atoms with E-state index in [-0.39, 0.29) is 5.91 Å². The number of hydrogen-bond acceptors (Lipinski definition) is 3. The van der Waals surface area contributed by atoms with Crippen LogP contribution in [0, 0.1) is 6.92 Å². The van der Waals surface area contributed by atoms with Gasteiger partial charge in [0.2, 0.25) is 0 Å². The Bertz CT molecular complexity index is 619. The van der Waals surface area contributed by atoms with Crippen molar-refractivity contribution in [1.29, 1.82) is 0 Å². The van der Waals surface area contributed by atoms with Gasteiger partial charge >= 0.3 is 0 Å². The number of hydrogen-bond donors (Lipinski definition) is 0. The Balaban J connectivity index is 1.92. The molecule has 1 aromatic carbocycles. The van der Waals surface area contributed by atoms with Crippen molar-refractivity contribution < 1.29 is 9.53 Å². The maximum Gasteiger partial charge on any atom is 0.254 e. The van der Waals surface area contributed by atoms with Gasteiger partial charge in [0.25, 0.3) is 5.91 Å². The molecular formula is C15H16N2O2. The minimum absolute atomic E-state index is 0.0748. The van der Waals surface area contributed by atoms with Gasteiger partial charge in [-0.1, -0.05) is 6.07 Å². The van der Waals surface area contributed by atoms with Gasteiger partial charge in [-0.2, -0.15) is 0 Å². The molecule has 4 heteroatoms. The van der Waals surface area contributed by atoms with Gasteiger partial charge in [0.1, 0.15) is 0 Å². The van der Waals surface area contributed by atoms with Crippen LogP contribution in [0.15, 0.2) is 30.3 Å². The molecule has 1 fully saturated rings. The van der Waals surface area contributed by atoms with Crippen molar-refractivity contribution in [3.05, 3.63) is 41.6 Å². The summed E-state index contributed by atoms with van der Waals surface area (Å²) >= 11 is 0. The molecule has 1 aliphatic heterocycles. The molecule has 1 amide bonds. The van der Waals surface area contributed by atoms with E-state index in [0.717, 1.165) is 22.2 Å². The molecule has 4 nitrogen and oxygen atoms in total. The first-order chi connectivity index (χ1) is 9.24. The van der Waals surface area contributed by atoms with Gasteiger partial charge in [-0.3, -0.25) is 9.78 Å². The minimum Gasteiger partial charge on any atom is -0.378 e. The van der Waals surface area contributed by atoms with Crippen molar-refractivity contribution in [2.45, 2.75) is 6.92 Å². The molecule has 0 bridgehead atoms. The van der Waals surface area contributed by atoms with Gasteiger partial charge in [-0.25, -0.2) is 0 Å². The van der Waals surface area contributed by atoms with E-state index in [4.69, 9.17) is 4.74 Å². The van der Waals surface area contributed by atoms with Crippen LogP contribution in [0.3, 0.4) is 0 Å². The Morgan fingerprint density at radius 1 is 1.21 bits per heavy atom. The highest BCUT2D eigenvalue weighted by Crippen LogP contribution is 2.16. The maximum atomic E-state index is 12.4. The molecule has 0 spiro atoms. The topological polar surface area (TPSA) is 42.4 Å². The standard InChI is InChI=1S/C15H16N2O2/c1-11-2-3-12-10-13(4-5-14(12)16-11)15(18)17-6-8-19-9-7-17/h2-5,10H,6-9H2,1H3. The number of aromatic nitrogens is 1. The molecule has 1 aromatic heterocycles. The number of benzene rings is 1. The average Bonchev–Trinajstić information content (AvgIpc) is 2.47. The largest absolute Gasteiger partial charge is 0.378 e. The number of morpholine rings is 1. The lowest BCUT2D eigenvalue weighted by molar-refractivity contribution is 0.0303. The molecule has 0 unspecified atom stereocenters. The normalized spacial score (nSPS) is 15.7. The quantitative estimate of drug-likeness (QED) is 0.784. The molecule has 0 N–H and O–H groups in total. The third-order valence-corrected chi connectivity index (χ3v) is 3.37. The molecule has 0 radical (unpaired) electrons. The van der Waals surface area contributed by atoms with E-state index in [1.807, 2.05) is 42.2 Å². The van der Waals surface area contributed by atoms with Gasteiger partial charge in [0.15, 0.2) is 0 Å². The number of nitrogens with zero attached hydrogens (tertiary/aromatic N) is 2. The van der Waals surface area contributed by atoms with E-state index in [0.29, 0.717) is 26.3 Å². The van der Waals surface area contributed by atoms with Crippen LogP contribution >= 0.6 is 0 Å². The van der Waals surface area contributed by atoms with E-state index in [1.54, 1.807) is 0 Å². The second-order valence-corrected chi connectivity index (χ2v) is 4.76. The van der Waals surface area contributed by atoms with Crippen LogP contribution in [0.5, 0.6) is 0 Å². The average molecular weight is 256 g/mol. The van der Waals surface area contributed by atoms with Crippen LogP contribution in [0.2, 0.25) is 0 Å². The van der Waals surface area contributed by atoms with Crippen LogP contribution in [0.1, 0.15) is 16.1 Å². The summed E-state index contributed by atoms with van der Waals surface area (Å²) in [6.45, 7) is 4.55. The second-order valence-electron chi connectivity index (χ2n) is 4.76. The number of amides is 1. The zero-order valence-corrected chi connectivity index (χ0v) is 10.9. The fourth-order valence-corrected chi connectivity index (χ4v) is 2.31. The summed E-state index contributed by atoms with van der Waals surface area (Å²) in [5.74, 6) is 0.0748. The number of pyridine rings is 1. The van der Waals surface area contributed by atoms with Crippen LogP contribution in [-0.2, 0) is 4.74 Å². The smallest absolute Gasteiger partial charge is 0.254 e. The number of carbonyl (C=O) groups excluding carboxylic acids is 1. The van der Waals surface area contributed by atoms with Crippen LogP contribution in [0.4, 0.5) is 0 Å². The highest BCUT2D eigenvalue weighted by molar-refractivity contribution is 5.98. The number of ether oxygens (including phenoxy) is 1. The summed E-state index contributed by atoms with van der Waals surface area (Å²) in [5, 5.41) is 1.00. The third kappa shape index (κ3) is 2.44. The molecule has 0 atom stereocenters. The van der Waals surface area contributed by atoms with Crippen LogP contribution < -0.4 is 0 Å². The number of carbonyl (C=O) groups is 1. The monoisotopic (exact) mass is 256 g/mol. The Labute approximate surface area is 112 Å². The van der Waals surface area contributed by atoms with Crippen molar-refractivity contribution in [2.75, 3.05) is 26.3 Å². The molecule has 3 rings (SSSR count). The molecule has 19 heavy (non-hydrogen) atoms. The molecule has 2 heterocycles. The van der Waals surface area contributed by atoms with E-state index in [9.17, 15) is 4.79 Å². The predicted octanol–water partition coefficient (Wildman–Crippen LogP) is 2.02. The number of rotatable bonds is 1. The maximum absolute atomic E-state index is 12.4. The molecule has 98 valence electrons. The first-order valence-corrected chi connectivity index (χ1v) is 6.48. The lowest BCUT2D eigenvalue weighted by Gasteiger charge is -2.26. The first kappa shape index (κ1) is 12.1. The van der Waals surface area contributed by atoms with E-state index < -0.39 is 0 Å². The fourth-order valence-electron chi connectivity index (χ4n) is 2.31. The zero-order chi connectivity index (χ0) is 13.2. The lowest BCUT2D eigenvalue weighted by atomic mass is 10.1. The summed E-state index contributed by atoms with van der Waals surface area (Å²) in [6, 6.07) is 9.65. The number of aryl methyl sites for hydroxylation is 1. The summed E-state index contributed by atoms with van der Waals surface area (Å²) < 4.78 is 5.27. The minimum atomic E-state index is 0.0748. The Morgan fingerprint density at radius 2 is 2.00 bits per heavy atom. The summed E-state index contributed by atoms with van der Waals surface area (Å²) in [4.78, 5) is 18.6. The van der Waals surface area contributed by atoms with Crippen molar-refractivity contribution in [3.8, 4) is 0 Å². The van der Waals surface area contributed by atoms with Gasteiger partial charge in [-0.05, 0) is 31.2 Å². The summed E-state index contributed by atoms with van der Waals surface area (Å²) in [5.41, 5.74) is 2.64.